The Morgan fingerprint density at radius 1 is 1.41 bits per heavy atom. The first-order chi connectivity index (χ1) is 10.5. The van der Waals surface area contributed by atoms with Crippen LogP contribution in [-0.2, 0) is 18.3 Å². The maximum atomic E-state index is 13.0. The van der Waals surface area contributed by atoms with Crippen molar-refractivity contribution in [2.24, 2.45) is 7.05 Å². The highest BCUT2D eigenvalue weighted by Crippen LogP contribution is 2.11. The zero-order valence-corrected chi connectivity index (χ0v) is 13.1. The van der Waals surface area contributed by atoms with Gasteiger partial charge in [0.1, 0.15) is 5.82 Å². The molecule has 1 N–H and O–H groups in total. The van der Waals surface area contributed by atoms with E-state index in [1.807, 2.05) is 25.6 Å². The number of nitrogens with one attached hydrogen (secondary N) is 1. The van der Waals surface area contributed by atoms with Crippen LogP contribution in [0.3, 0.4) is 0 Å². The Kier molecular flexibility index (Phi) is 5.09. The van der Waals surface area contributed by atoms with Gasteiger partial charge in [-0.2, -0.15) is 5.10 Å². The molecule has 0 aliphatic rings. The number of aromatic nitrogens is 2. The van der Waals surface area contributed by atoms with E-state index in [2.05, 4.69) is 10.4 Å². The quantitative estimate of drug-likeness (QED) is 0.863. The van der Waals surface area contributed by atoms with Gasteiger partial charge in [0.15, 0.2) is 0 Å². The number of hydrogen-bond acceptors (Lipinski definition) is 2. The number of amides is 1. The van der Waals surface area contributed by atoms with Gasteiger partial charge in [0.2, 0.25) is 5.91 Å². The van der Waals surface area contributed by atoms with E-state index in [0.29, 0.717) is 12.1 Å². The number of benzene rings is 1. The lowest BCUT2D eigenvalue weighted by molar-refractivity contribution is -0.116. The normalized spacial score (nSPS) is 11.1. The lowest BCUT2D eigenvalue weighted by Crippen LogP contribution is -2.23. The minimum absolute atomic E-state index is 0.191. The second kappa shape index (κ2) is 7.02. The maximum absolute atomic E-state index is 13.0. The molecule has 0 aliphatic heterocycles. The third kappa shape index (κ3) is 4.04. The molecule has 0 saturated carbocycles. The van der Waals surface area contributed by atoms with Crippen LogP contribution in [0.15, 0.2) is 30.3 Å². The molecular weight excluding hydrogens is 281 g/mol. The first-order valence-electron chi connectivity index (χ1n) is 7.18. The van der Waals surface area contributed by atoms with E-state index in [1.54, 1.807) is 18.2 Å². The standard InChI is InChI=1S/C17H20FN3O/c1-12-16(13(2)21(3)20-12)9-10-19-17(22)8-7-14-5-4-6-15(18)11-14/h4-8,11H,9-10H2,1-3H3,(H,19,22)/b8-7+. The fraction of sp³-hybridized carbons (Fsp3) is 0.294. The predicted molar refractivity (Wildman–Crippen MR) is 84.8 cm³/mol. The molecule has 0 radical (unpaired) electrons. The largest absolute Gasteiger partial charge is 0.352 e. The van der Waals surface area contributed by atoms with Gasteiger partial charge in [-0.1, -0.05) is 12.1 Å². The van der Waals surface area contributed by atoms with Crippen molar-refractivity contribution in [3.05, 3.63) is 58.7 Å². The minimum atomic E-state index is -0.315. The number of aryl methyl sites for hydroxylation is 2. The summed E-state index contributed by atoms with van der Waals surface area (Å²) in [6.45, 7) is 4.52. The summed E-state index contributed by atoms with van der Waals surface area (Å²) in [6, 6.07) is 6.11. The SMILES string of the molecule is Cc1nn(C)c(C)c1CCNC(=O)/C=C/c1cccc(F)c1. The van der Waals surface area contributed by atoms with E-state index in [0.717, 1.165) is 23.4 Å². The van der Waals surface area contributed by atoms with E-state index < -0.39 is 0 Å². The summed E-state index contributed by atoms with van der Waals surface area (Å²) >= 11 is 0. The van der Waals surface area contributed by atoms with Crippen LogP contribution in [0.4, 0.5) is 4.39 Å². The summed E-state index contributed by atoms with van der Waals surface area (Å²) in [4.78, 5) is 11.8. The average Bonchev–Trinajstić information content (AvgIpc) is 2.71. The summed E-state index contributed by atoms with van der Waals surface area (Å²) in [5.41, 5.74) is 3.93. The summed E-state index contributed by atoms with van der Waals surface area (Å²) < 4.78 is 14.9. The van der Waals surface area contributed by atoms with E-state index in [-0.39, 0.29) is 11.7 Å². The molecule has 0 saturated heterocycles. The summed E-state index contributed by atoms with van der Waals surface area (Å²) in [5.74, 6) is -0.506. The Bertz CT molecular complexity index is 704. The zero-order valence-electron chi connectivity index (χ0n) is 13.1. The Morgan fingerprint density at radius 3 is 2.82 bits per heavy atom. The van der Waals surface area contributed by atoms with Gasteiger partial charge < -0.3 is 5.32 Å². The van der Waals surface area contributed by atoms with Crippen LogP contribution in [0.25, 0.3) is 6.08 Å². The minimum Gasteiger partial charge on any atom is -0.352 e. The lowest BCUT2D eigenvalue weighted by atomic mass is 10.1. The molecule has 116 valence electrons. The number of rotatable bonds is 5. The second-order valence-electron chi connectivity index (χ2n) is 5.20. The zero-order chi connectivity index (χ0) is 16.1. The summed E-state index contributed by atoms with van der Waals surface area (Å²) in [7, 11) is 1.91. The van der Waals surface area contributed by atoms with Gasteiger partial charge in [0.25, 0.3) is 0 Å². The van der Waals surface area contributed by atoms with Crippen molar-refractivity contribution >= 4 is 12.0 Å². The molecular formula is C17H20FN3O. The summed E-state index contributed by atoms with van der Waals surface area (Å²) in [6.07, 6.45) is 3.75. The Labute approximate surface area is 129 Å². The maximum Gasteiger partial charge on any atom is 0.244 e. The van der Waals surface area contributed by atoms with Crippen molar-refractivity contribution in [1.82, 2.24) is 15.1 Å². The molecule has 0 atom stereocenters. The van der Waals surface area contributed by atoms with Crippen LogP contribution in [0.1, 0.15) is 22.5 Å². The topological polar surface area (TPSA) is 46.9 Å². The molecule has 1 heterocycles. The van der Waals surface area contributed by atoms with Gasteiger partial charge in [-0.15, -0.1) is 0 Å². The highest BCUT2D eigenvalue weighted by atomic mass is 19.1. The van der Waals surface area contributed by atoms with Crippen molar-refractivity contribution < 1.29 is 9.18 Å². The molecule has 2 rings (SSSR count). The molecule has 2 aromatic rings. The van der Waals surface area contributed by atoms with Crippen LogP contribution in [0.2, 0.25) is 0 Å². The first-order valence-corrected chi connectivity index (χ1v) is 7.18. The van der Waals surface area contributed by atoms with Crippen molar-refractivity contribution in [3.8, 4) is 0 Å². The number of carbonyl (C=O) groups excluding carboxylic acids is 1. The van der Waals surface area contributed by atoms with E-state index in [9.17, 15) is 9.18 Å². The molecule has 0 fully saturated rings. The van der Waals surface area contributed by atoms with Gasteiger partial charge in [0, 0.05) is 25.4 Å². The molecule has 5 heteroatoms. The summed E-state index contributed by atoms with van der Waals surface area (Å²) in [5, 5.41) is 7.17. The van der Waals surface area contributed by atoms with Crippen LogP contribution in [0, 0.1) is 19.7 Å². The van der Waals surface area contributed by atoms with Gasteiger partial charge in [-0.05, 0) is 49.6 Å². The van der Waals surface area contributed by atoms with E-state index in [1.165, 1.54) is 18.2 Å². The number of hydrogen-bond donors (Lipinski definition) is 1. The third-order valence-corrected chi connectivity index (χ3v) is 3.61. The van der Waals surface area contributed by atoms with E-state index in [4.69, 9.17) is 0 Å². The van der Waals surface area contributed by atoms with Gasteiger partial charge in [-0.25, -0.2) is 4.39 Å². The molecule has 0 aliphatic carbocycles. The molecule has 1 amide bonds. The van der Waals surface area contributed by atoms with Gasteiger partial charge >= 0.3 is 0 Å². The van der Waals surface area contributed by atoms with Crippen molar-refractivity contribution in [3.63, 3.8) is 0 Å². The molecule has 22 heavy (non-hydrogen) atoms. The smallest absolute Gasteiger partial charge is 0.244 e. The Hall–Kier alpha value is -2.43. The lowest BCUT2D eigenvalue weighted by Gasteiger charge is -2.03. The Morgan fingerprint density at radius 2 is 2.18 bits per heavy atom. The second-order valence-corrected chi connectivity index (χ2v) is 5.20. The molecule has 4 nitrogen and oxygen atoms in total. The van der Waals surface area contributed by atoms with Crippen LogP contribution < -0.4 is 5.32 Å². The van der Waals surface area contributed by atoms with Crippen molar-refractivity contribution in [2.75, 3.05) is 6.54 Å². The Balaban J connectivity index is 1.85. The number of nitrogens with zero attached hydrogens (tertiary/aromatic N) is 2. The molecule has 1 aromatic heterocycles. The van der Waals surface area contributed by atoms with Crippen LogP contribution in [-0.4, -0.2) is 22.2 Å². The third-order valence-electron chi connectivity index (χ3n) is 3.61. The van der Waals surface area contributed by atoms with Crippen molar-refractivity contribution in [1.29, 1.82) is 0 Å². The fourth-order valence-corrected chi connectivity index (χ4v) is 2.33. The van der Waals surface area contributed by atoms with Crippen molar-refractivity contribution in [2.45, 2.75) is 20.3 Å². The number of halogens is 1. The fourth-order valence-electron chi connectivity index (χ4n) is 2.33. The van der Waals surface area contributed by atoms with Gasteiger partial charge in [0.05, 0.1) is 5.69 Å². The van der Waals surface area contributed by atoms with Gasteiger partial charge in [-0.3, -0.25) is 9.48 Å². The monoisotopic (exact) mass is 301 g/mol. The van der Waals surface area contributed by atoms with E-state index >= 15 is 0 Å². The molecule has 0 unspecified atom stereocenters. The molecule has 1 aromatic carbocycles. The van der Waals surface area contributed by atoms with Crippen LogP contribution >= 0.6 is 0 Å². The number of carbonyl (C=O) groups is 1. The highest BCUT2D eigenvalue weighted by molar-refractivity contribution is 5.91. The average molecular weight is 301 g/mol. The predicted octanol–water partition coefficient (Wildman–Crippen LogP) is 2.55. The highest BCUT2D eigenvalue weighted by Gasteiger charge is 2.08. The molecule has 0 bridgehead atoms. The van der Waals surface area contributed by atoms with Crippen LogP contribution in [0.5, 0.6) is 0 Å². The molecule has 0 spiro atoms. The first kappa shape index (κ1) is 15.9.